The lowest BCUT2D eigenvalue weighted by atomic mass is 9.87. The molecule has 42 heavy (non-hydrogen) atoms. The number of aromatic nitrogens is 4. The monoisotopic (exact) mass is 568 g/mol. The first-order valence-electron chi connectivity index (χ1n) is 13.7. The molecule has 2 unspecified atom stereocenters. The van der Waals surface area contributed by atoms with Crippen LogP contribution in [-0.2, 0) is 11.3 Å². The van der Waals surface area contributed by atoms with E-state index in [1.807, 2.05) is 24.4 Å². The first kappa shape index (κ1) is 27.4. The van der Waals surface area contributed by atoms with Crippen molar-refractivity contribution < 1.29 is 19.4 Å². The van der Waals surface area contributed by atoms with Gasteiger partial charge >= 0.3 is 0 Å². The number of methoxy groups -OCH3 is 1. The number of fused-ring (bicyclic) bond motifs is 3. The van der Waals surface area contributed by atoms with E-state index in [4.69, 9.17) is 14.5 Å². The number of nitrogens with one attached hydrogen (secondary N) is 1. The fourth-order valence-electron chi connectivity index (χ4n) is 5.68. The van der Waals surface area contributed by atoms with Crippen LogP contribution in [0.4, 0.5) is 11.6 Å². The Balaban J connectivity index is 1.23. The SMILES string of the molecule is COc1ccc(CN2C3CC2CN(c2ccc(-c4cc(OCC(C)(C)O)cn5nc(NC=O)c(C#N)c45)cn2)C3)cn1. The number of carbonyl (C=O) groups is 1. The molecule has 3 aliphatic rings. The highest BCUT2D eigenvalue weighted by molar-refractivity contribution is 5.90. The lowest BCUT2D eigenvalue weighted by molar-refractivity contribution is -0.105. The van der Waals surface area contributed by atoms with Gasteiger partial charge in [0.1, 0.15) is 29.8 Å². The van der Waals surface area contributed by atoms with Crippen molar-refractivity contribution in [2.24, 2.45) is 0 Å². The molecule has 1 amide bonds. The fraction of sp³-hybridized carbons (Fsp3) is 0.367. The van der Waals surface area contributed by atoms with Gasteiger partial charge in [0.15, 0.2) is 5.82 Å². The number of hydrogen-bond donors (Lipinski definition) is 2. The molecule has 7 rings (SSSR count). The van der Waals surface area contributed by atoms with Crippen molar-refractivity contribution in [1.29, 1.82) is 5.26 Å². The second kappa shape index (κ2) is 10.9. The molecule has 0 saturated carbocycles. The first-order chi connectivity index (χ1) is 20.3. The van der Waals surface area contributed by atoms with E-state index < -0.39 is 5.60 Å². The molecule has 0 aliphatic carbocycles. The number of hydrogen-bond acceptors (Lipinski definition) is 10. The largest absolute Gasteiger partial charge is 0.489 e. The van der Waals surface area contributed by atoms with Crippen LogP contribution in [0.3, 0.4) is 0 Å². The summed E-state index contributed by atoms with van der Waals surface area (Å²) in [7, 11) is 1.62. The van der Waals surface area contributed by atoms with Crippen LogP contribution < -0.4 is 19.7 Å². The minimum Gasteiger partial charge on any atom is -0.489 e. The van der Waals surface area contributed by atoms with E-state index in [1.165, 1.54) is 16.5 Å². The van der Waals surface area contributed by atoms with Crippen molar-refractivity contribution >= 4 is 23.6 Å². The number of carbonyl (C=O) groups excluding carboxylic acids is 1. The molecule has 2 atom stereocenters. The zero-order chi connectivity index (χ0) is 29.4. The summed E-state index contributed by atoms with van der Waals surface area (Å²) in [4.78, 5) is 25.1. The Labute approximate surface area is 243 Å². The lowest BCUT2D eigenvalue weighted by Crippen LogP contribution is -2.68. The highest BCUT2D eigenvalue weighted by Crippen LogP contribution is 2.37. The summed E-state index contributed by atoms with van der Waals surface area (Å²) >= 11 is 0. The van der Waals surface area contributed by atoms with Gasteiger partial charge in [0.2, 0.25) is 12.3 Å². The van der Waals surface area contributed by atoms with Gasteiger partial charge in [0.05, 0.1) is 24.4 Å². The van der Waals surface area contributed by atoms with Gasteiger partial charge < -0.3 is 24.8 Å². The van der Waals surface area contributed by atoms with Gasteiger partial charge in [-0.25, -0.2) is 14.5 Å². The normalized spacial score (nSPS) is 18.3. The highest BCUT2D eigenvalue weighted by Gasteiger charge is 2.44. The predicted molar refractivity (Wildman–Crippen MR) is 155 cm³/mol. The van der Waals surface area contributed by atoms with E-state index in [0.717, 1.165) is 31.0 Å². The van der Waals surface area contributed by atoms with Crippen molar-refractivity contribution in [2.75, 3.05) is 37.0 Å². The number of nitrogens with zero attached hydrogens (tertiary/aromatic N) is 7. The molecule has 3 saturated heterocycles. The van der Waals surface area contributed by atoms with E-state index in [1.54, 1.807) is 39.4 Å². The van der Waals surface area contributed by atoms with Gasteiger partial charge in [-0.1, -0.05) is 6.07 Å². The van der Waals surface area contributed by atoms with Crippen molar-refractivity contribution in [2.45, 2.75) is 44.5 Å². The molecule has 2 bridgehead atoms. The van der Waals surface area contributed by atoms with Crippen LogP contribution in [0, 0.1) is 11.3 Å². The number of ether oxygens (including phenoxy) is 2. The molecular weight excluding hydrogens is 536 g/mol. The molecule has 7 heterocycles. The van der Waals surface area contributed by atoms with Crippen LogP contribution in [-0.4, -0.2) is 80.5 Å². The number of aliphatic hydroxyl groups is 1. The Morgan fingerprint density at radius 2 is 2.00 bits per heavy atom. The summed E-state index contributed by atoms with van der Waals surface area (Å²) in [6.45, 7) is 6.01. The van der Waals surface area contributed by atoms with Crippen LogP contribution >= 0.6 is 0 Å². The van der Waals surface area contributed by atoms with Gasteiger partial charge in [-0.2, -0.15) is 5.26 Å². The molecule has 0 spiro atoms. The molecule has 12 nitrogen and oxygen atoms in total. The molecule has 2 N–H and O–H groups in total. The maximum atomic E-state index is 11.2. The lowest BCUT2D eigenvalue weighted by Gasteiger charge is -2.56. The number of piperidine rings is 1. The van der Waals surface area contributed by atoms with Crippen LogP contribution in [0.1, 0.15) is 31.4 Å². The fourth-order valence-corrected chi connectivity index (χ4v) is 5.68. The third kappa shape index (κ3) is 5.32. The standard InChI is InChI=1S/C30H32N8O4/c1-30(2,40)17-42-23-9-24(28-25(10-31)29(34-18-39)35-38(28)16-23)20-5-6-26(32-12-20)36-14-21-8-22(15-36)37(21)13-19-4-7-27(41-3)33-11-19/h4-7,9,11-12,16,18,21-22,40H,8,13-15,17H2,1-3H3,(H,34,35,39). The van der Waals surface area contributed by atoms with Gasteiger partial charge in [-0.3, -0.25) is 9.69 Å². The molecule has 216 valence electrons. The zero-order valence-corrected chi connectivity index (χ0v) is 23.7. The van der Waals surface area contributed by atoms with E-state index in [9.17, 15) is 15.2 Å². The molecular formula is C30H32N8O4. The van der Waals surface area contributed by atoms with Gasteiger partial charge in [-0.05, 0) is 44.0 Å². The van der Waals surface area contributed by atoms with Crippen LogP contribution in [0.2, 0.25) is 0 Å². The minimum atomic E-state index is -1.04. The molecule has 0 aromatic carbocycles. The van der Waals surface area contributed by atoms with Crippen LogP contribution in [0.15, 0.2) is 48.9 Å². The van der Waals surface area contributed by atoms with E-state index in [0.29, 0.717) is 41.2 Å². The highest BCUT2D eigenvalue weighted by atomic mass is 16.5. The predicted octanol–water partition coefficient (Wildman–Crippen LogP) is 2.85. The number of pyridine rings is 3. The smallest absolute Gasteiger partial charge is 0.212 e. The summed E-state index contributed by atoms with van der Waals surface area (Å²) in [6, 6.07) is 12.8. The quantitative estimate of drug-likeness (QED) is 0.274. The second-order valence-corrected chi connectivity index (χ2v) is 11.3. The maximum absolute atomic E-state index is 11.2. The summed E-state index contributed by atoms with van der Waals surface area (Å²) in [5.74, 6) is 2.12. The third-order valence-corrected chi connectivity index (χ3v) is 7.70. The third-order valence-electron chi connectivity index (χ3n) is 7.70. The number of anilines is 2. The summed E-state index contributed by atoms with van der Waals surface area (Å²) in [5, 5.41) is 26.9. The second-order valence-electron chi connectivity index (χ2n) is 11.3. The molecule has 3 aliphatic heterocycles. The minimum absolute atomic E-state index is 0.0598. The van der Waals surface area contributed by atoms with Gasteiger partial charge in [0, 0.05) is 61.3 Å². The number of amides is 1. The van der Waals surface area contributed by atoms with E-state index in [2.05, 4.69) is 37.3 Å². The Hall–Kier alpha value is -4.73. The Kier molecular flexibility index (Phi) is 7.14. The zero-order valence-electron chi connectivity index (χ0n) is 23.7. The molecule has 4 aromatic rings. The van der Waals surface area contributed by atoms with Crippen LogP contribution in [0.5, 0.6) is 11.6 Å². The maximum Gasteiger partial charge on any atom is 0.212 e. The van der Waals surface area contributed by atoms with Crippen molar-refractivity contribution in [3.05, 3.63) is 60.0 Å². The first-order valence-corrected chi connectivity index (χ1v) is 13.7. The van der Waals surface area contributed by atoms with Crippen molar-refractivity contribution in [1.82, 2.24) is 24.5 Å². The summed E-state index contributed by atoms with van der Waals surface area (Å²) in [6.07, 6.45) is 6.94. The molecule has 0 radical (unpaired) electrons. The van der Waals surface area contributed by atoms with E-state index >= 15 is 0 Å². The Morgan fingerprint density at radius 3 is 2.62 bits per heavy atom. The Morgan fingerprint density at radius 1 is 1.19 bits per heavy atom. The molecule has 3 fully saturated rings. The summed E-state index contributed by atoms with van der Waals surface area (Å²) in [5.41, 5.74) is 2.33. The van der Waals surface area contributed by atoms with Crippen molar-refractivity contribution in [3.63, 3.8) is 0 Å². The topological polar surface area (TPSA) is 141 Å². The van der Waals surface area contributed by atoms with Crippen molar-refractivity contribution in [3.8, 4) is 28.8 Å². The molecule has 4 aromatic heterocycles. The van der Waals surface area contributed by atoms with Crippen LogP contribution in [0.25, 0.3) is 16.6 Å². The molecule has 12 heteroatoms. The number of piperazine rings is 1. The average molecular weight is 569 g/mol. The summed E-state index contributed by atoms with van der Waals surface area (Å²) < 4.78 is 12.5. The van der Waals surface area contributed by atoms with Gasteiger partial charge in [0.25, 0.3) is 0 Å². The average Bonchev–Trinajstić information content (AvgIpc) is 3.35. The number of nitriles is 1. The Bertz CT molecular complexity index is 1630. The number of rotatable bonds is 10. The van der Waals surface area contributed by atoms with E-state index in [-0.39, 0.29) is 18.0 Å². The van der Waals surface area contributed by atoms with Gasteiger partial charge in [-0.15, -0.1) is 5.10 Å².